The van der Waals surface area contributed by atoms with Crippen molar-refractivity contribution >= 4 is 0 Å². The zero-order chi connectivity index (χ0) is 12.2. The molecule has 0 saturated heterocycles. The van der Waals surface area contributed by atoms with Gasteiger partial charge in [-0.1, -0.05) is 12.2 Å². The van der Waals surface area contributed by atoms with E-state index in [4.69, 9.17) is 0 Å². The van der Waals surface area contributed by atoms with Crippen molar-refractivity contribution in [3.8, 4) is 0 Å². The van der Waals surface area contributed by atoms with Crippen LogP contribution in [-0.2, 0) is 7.05 Å². The molecule has 2 heterocycles. The molecular formula is C13H15N3O2. The number of nitrogens with zero attached hydrogens (tertiary/aromatic N) is 3. The minimum Gasteiger partial charge on any atom is -0.246 e. The van der Waals surface area contributed by atoms with Gasteiger partial charge in [0.2, 0.25) is 0 Å². The molecule has 0 unspecified atom stereocenters. The van der Waals surface area contributed by atoms with Crippen molar-refractivity contribution in [3.05, 3.63) is 33.1 Å². The Kier molecular flexibility index (Phi) is 1.35. The maximum Gasteiger partial charge on any atom is 0.347 e. The van der Waals surface area contributed by atoms with E-state index in [1.165, 1.54) is 11.0 Å². The van der Waals surface area contributed by atoms with Gasteiger partial charge in [0, 0.05) is 7.05 Å². The fourth-order valence-corrected chi connectivity index (χ4v) is 5.25. The Morgan fingerprint density at radius 2 is 1.44 bits per heavy atom. The summed E-state index contributed by atoms with van der Waals surface area (Å²) in [5, 5.41) is 0. The molecule has 1 aromatic heterocycles. The molecule has 0 amide bonds. The smallest absolute Gasteiger partial charge is 0.246 e. The van der Waals surface area contributed by atoms with E-state index in [1.807, 2.05) is 0 Å². The molecule has 3 aliphatic carbocycles. The highest BCUT2D eigenvalue weighted by Crippen LogP contribution is 2.64. The highest BCUT2D eigenvalue weighted by molar-refractivity contribution is 5.21. The van der Waals surface area contributed by atoms with E-state index in [-0.39, 0.29) is 23.5 Å². The van der Waals surface area contributed by atoms with Crippen molar-refractivity contribution in [1.82, 2.24) is 13.9 Å². The van der Waals surface area contributed by atoms with E-state index in [9.17, 15) is 9.59 Å². The fourth-order valence-electron chi connectivity index (χ4n) is 5.25. The van der Waals surface area contributed by atoms with E-state index in [1.54, 1.807) is 16.4 Å². The first-order valence-corrected chi connectivity index (χ1v) is 6.77. The molecule has 0 aromatic carbocycles. The van der Waals surface area contributed by atoms with Crippen LogP contribution >= 0.6 is 0 Å². The minimum atomic E-state index is -0.127. The summed E-state index contributed by atoms with van der Waals surface area (Å²) in [6.07, 6.45) is 6.91. The van der Waals surface area contributed by atoms with Gasteiger partial charge in [-0.05, 0) is 36.5 Å². The SMILES string of the molecule is Cn1c(=O)n2n(c1=O)[C@H]1C[C@H]2[C@@H]2[C@@H]1[C@H]1C=C[C@H]2C1. The summed E-state index contributed by atoms with van der Waals surface area (Å²) < 4.78 is 4.76. The molecule has 2 fully saturated rings. The number of hydrogen-bond acceptors (Lipinski definition) is 2. The normalized spacial score (nSPS) is 45.8. The molecular weight excluding hydrogens is 230 g/mol. The van der Waals surface area contributed by atoms with Crippen LogP contribution in [-0.4, -0.2) is 13.9 Å². The first-order chi connectivity index (χ1) is 8.68. The van der Waals surface area contributed by atoms with Crippen LogP contribution in [0.2, 0.25) is 0 Å². The Morgan fingerprint density at radius 3 is 1.94 bits per heavy atom. The molecule has 1 aromatic rings. The molecule has 94 valence electrons. The maximum absolute atomic E-state index is 12.2. The fraction of sp³-hybridized carbons (Fsp3) is 0.692. The van der Waals surface area contributed by atoms with Crippen LogP contribution in [0, 0.1) is 23.7 Å². The Balaban J connectivity index is 1.80. The second kappa shape index (κ2) is 2.58. The lowest BCUT2D eigenvalue weighted by Gasteiger charge is -2.33. The van der Waals surface area contributed by atoms with E-state index >= 15 is 0 Å². The Labute approximate surface area is 103 Å². The van der Waals surface area contributed by atoms with Crippen LogP contribution in [0.15, 0.2) is 21.7 Å². The van der Waals surface area contributed by atoms with Crippen LogP contribution in [0.5, 0.6) is 0 Å². The second-order valence-corrected chi connectivity index (χ2v) is 6.29. The Hall–Kier alpha value is -1.52. The molecule has 5 heteroatoms. The molecule has 0 radical (unpaired) electrons. The molecule has 4 aliphatic rings. The number of rotatable bonds is 0. The summed E-state index contributed by atoms with van der Waals surface area (Å²) in [6, 6.07) is 0.530. The van der Waals surface area contributed by atoms with Gasteiger partial charge < -0.3 is 0 Å². The van der Waals surface area contributed by atoms with Crippen LogP contribution in [0.4, 0.5) is 0 Å². The second-order valence-electron chi connectivity index (χ2n) is 6.29. The number of hydrogen-bond donors (Lipinski definition) is 0. The monoisotopic (exact) mass is 245 g/mol. The van der Waals surface area contributed by atoms with Crippen molar-refractivity contribution in [3.63, 3.8) is 0 Å². The molecule has 0 spiro atoms. The molecule has 1 aliphatic heterocycles. The van der Waals surface area contributed by atoms with Gasteiger partial charge in [-0.3, -0.25) is 0 Å². The highest BCUT2D eigenvalue weighted by Gasteiger charge is 2.61. The lowest BCUT2D eigenvalue weighted by molar-refractivity contribution is 0.176. The summed E-state index contributed by atoms with van der Waals surface area (Å²) in [4.78, 5) is 24.3. The van der Waals surface area contributed by atoms with Crippen molar-refractivity contribution in [2.24, 2.45) is 30.7 Å². The number of fused-ring (bicyclic) bond motifs is 12. The summed E-state index contributed by atoms with van der Waals surface area (Å²) in [7, 11) is 1.59. The summed E-state index contributed by atoms with van der Waals surface area (Å²) in [5.41, 5.74) is -0.254. The van der Waals surface area contributed by atoms with E-state index in [0.29, 0.717) is 23.7 Å². The molecule has 4 bridgehead atoms. The zero-order valence-electron chi connectivity index (χ0n) is 10.2. The summed E-state index contributed by atoms with van der Waals surface area (Å²) >= 11 is 0. The van der Waals surface area contributed by atoms with Gasteiger partial charge in [0.25, 0.3) is 0 Å². The van der Waals surface area contributed by atoms with Crippen LogP contribution in [0.3, 0.4) is 0 Å². The molecule has 5 nitrogen and oxygen atoms in total. The number of allylic oxidation sites excluding steroid dienone is 2. The topological polar surface area (TPSA) is 48.9 Å². The first-order valence-electron chi connectivity index (χ1n) is 6.77. The van der Waals surface area contributed by atoms with Gasteiger partial charge in [-0.15, -0.1) is 0 Å². The molecule has 2 saturated carbocycles. The lowest BCUT2D eigenvalue weighted by atomic mass is 9.82. The molecule has 5 rings (SSSR count). The zero-order valence-corrected chi connectivity index (χ0v) is 10.2. The van der Waals surface area contributed by atoms with E-state index in [0.717, 1.165) is 6.42 Å². The van der Waals surface area contributed by atoms with Crippen molar-refractivity contribution < 1.29 is 0 Å². The van der Waals surface area contributed by atoms with Gasteiger partial charge in [-0.2, -0.15) is 0 Å². The Morgan fingerprint density at radius 1 is 0.944 bits per heavy atom. The number of aromatic nitrogens is 3. The average molecular weight is 245 g/mol. The van der Waals surface area contributed by atoms with Crippen LogP contribution in [0.25, 0.3) is 0 Å². The molecule has 6 atom stereocenters. The maximum atomic E-state index is 12.2. The predicted molar refractivity (Wildman–Crippen MR) is 64.3 cm³/mol. The third-order valence-electron chi connectivity index (χ3n) is 5.78. The van der Waals surface area contributed by atoms with Crippen LogP contribution < -0.4 is 11.4 Å². The first kappa shape index (κ1) is 9.42. The molecule has 18 heavy (non-hydrogen) atoms. The van der Waals surface area contributed by atoms with Crippen molar-refractivity contribution in [2.45, 2.75) is 24.9 Å². The van der Waals surface area contributed by atoms with Gasteiger partial charge >= 0.3 is 11.4 Å². The standard InChI is InChI=1S/C13H15N3O2/c1-14-12(17)15-8-5-9(16(15)13(14)18)11-7-3-2-6(4-7)10(8)11/h2-3,6-11H,4-5H2,1H3/t6-,7-,8-,9-,10+,11+/m0/s1. The van der Waals surface area contributed by atoms with Gasteiger partial charge in [0.05, 0.1) is 12.1 Å². The van der Waals surface area contributed by atoms with E-state index < -0.39 is 0 Å². The molecule has 0 N–H and O–H groups in total. The van der Waals surface area contributed by atoms with Gasteiger partial charge in [0.1, 0.15) is 0 Å². The summed E-state index contributed by atoms with van der Waals surface area (Å²) in [5.74, 6) is 2.49. The van der Waals surface area contributed by atoms with E-state index in [2.05, 4.69) is 12.2 Å². The lowest BCUT2D eigenvalue weighted by Crippen LogP contribution is -2.38. The average Bonchev–Trinajstić information content (AvgIpc) is 3.11. The minimum absolute atomic E-state index is 0.127. The van der Waals surface area contributed by atoms with Crippen LogP contribution in [0.1, 0.15) is 24.9 Å². The quantitative estimate of drug-likeness (QED) is 0.487. The third-order valence-corrected chi connectivity index (χ3v) is 5.78. The summed E-state index contributed by atoms with van der Waals surface area (Å²) in [6.45, 7) is 0. The van der Waals surface area contributed by atoms with Crippen molar-refractivity contribution in [2.75, 3.05) is 0 Å². The third kappa shape index (κ3) is 0.744. The van der Waals surface area contributed by atoms with Crippen molar-refractivity contribution in [1.29, 1.82) is 0 Å². The highest BCUT2D eigenvalue weighted by atomic mass is 16.2. The predicted octanol–water partition coefficient (Wildman–Crippen LogP) is 0.286. The van der Waals surface area contributed by atoms with Gasteiger partial charge in [0.15, 0.2) is 0 Å². The Bertz CT molecular complexity index is 651. The van der Waals surface area contributed by atoms with Gasteiger partial charge in [-0.25, -0.2) is 23.5 Å². The largest absolute Gasteiger partial charge is 0.347 e.